The molecule has 4 nitrogen and oxygen atoms in total. The Morgan fingerprint density at radius 1 is 1.04 bits per heavy atom. The van der Waals surface area contributed by atoms with Crippen LogP contribution in [0.2, 0.25) is 0 Å². The molecule has 0 aromatic carbocycles. The molecule has 0 aromatic rings. The van der Waals surface area contributed by atoms with Crippen LogP contribution in [0.3, 0.4) is 0 Å². The van der Waals surface area contributed by atoms with Crippen LogP contribution >= 0.6 is 0 Å². The highest BCUT2D eigenvalue weighted by Crippen LogP contribution is 2.39. The number of halogens is 3. The van der Waals surface area contributed by atoms with Crippen molar-refractivity contribution in [2.75, 3.05) is 26.7 Å². The number of nitrogens with one attached hydrogen (secondary N) is 2. The van der Waals surface area contributed by atoms with Crippen molar-refractivity contribution in [3.63, 3.8) is 0 Å². The Morgan fingerprint density at radius 3 is 2.30 bits per heavy atom. The monoisotopic (exact) mass is 335 g/mol. The Morgan fingerprint density at radius 2 is 1.74 bits per heavy atom. The molecule has 1 atom stereocenters. The van der Waals surface area contributed by atoms with E-state index in [1.54, 1.807) is 7.05 Å². The number of guanidine groups is 1. The summed E-state index contributed by atoms with van der Waals surface area (Å²) in [7, 11) is 1.71. The summed E-state index contributed by atoms with van der Waals surface area (Å²) >= 11 is 0. The second-order valence-electron chi connectivity index (χ2n) is 6.58. The van der Waals surface area contributed by atoms with Gasteiger partial charge in [0.25, 0.3) is 0 Å². The zero-order valence-electron chi connectivity index (χ0n) is 13.8. The maximum absolute atomic E-state index is 12.7. The third-order valence-electron chi connectivity index (χ3n) is 4.86. The average Bonchev–Trinajstić information content (AvgIpc) is 2.55. The fraction of sp³-hybridized carbons (Fsp3) is 0.938. The molecule has 1 unspecified atom stereocenters. The molecule has 2 rings (SSSR count). The number of hydrogen-bond donors (Lipinski definition) is 2. The van der Waals surface area contributed by atoms with Crippen LogP contribution in [0.15, 0.2) is 4.99 Å². The Labute approximate surface area is 136 Å². The molecule has 1 saturated carbocycles. The van der Waals surface area contributed by atoms with E-state index in [2.05, 4.69) is 15.6 Å². The first-order valence-electron chi connectivity index (χ1n) is 8.62. The van der Waals surface area contributed by atoms with Gasteiger partial charge in [-0.3, -0.25) is 4.99 Å². The van der Waals surface area contributed by atoms with Gasteiger partial charge in [-0.25, -0.2) is 0 Å². The van der Waals surface area contributed by atoms with Gasteiger partial charge in [-0.15, -0.1) is 0 Å². The molecule has 1 aliphatic heterocycles. The molecular formula is C16H28F3N3O. The number of rotatable bonds is 4. The maximum Gasteiger partial charge on any atom is 0.391 e. The summed E-state index contributed by atoms with van der Waals surface area (Å²) in [5, 5.41) is 6.48. The first kappa shape index (κ1) is 18.4. The van der Waals surface area contributed by atoms with Gasteiger partial charge >= 0.3 is 6.18 Å². The van der Waals surface area contributed by atoms with Gasteiger partial charge in [0, 0.05) is 26.7 Å². The van der Waals surface area contributed by atoms with Crippen LogP contribution in [0.4, 0.5) is 13.2 Å². The highest BCUT2D eigenvalue weighted by atomic mass is 19.4. The topological polar surface area (TPSA) is 45.7 Å². The van der Waals surface area contributed by atoms with Crippen molar-refractivity contribution < 1.29 is 17.9 Å². The van der Waals surface area contributed by atoms with Crippen LogP contribution in [-0.4, -0.2) is 45.0 Å². The molecule has 1 heterocycles. The van der Waals surface area contributed by atoms with Gasteiger partial charge in [0.05, 0.1) is 12.0 Å². The summed E-state index contributed by atoms with van der Waals surface area (Å²) < 4.78 is 43.6. The van der Waals surface area contributed by atoms with Crippen molar-refractivity contribution in [3.8, 4) is 0 Å². The number of aliphatic imine (C=N–C) groups is 1. The van der Waals surface area contributed by atoms with E-state index in [-0.39, 0.29) is 24.9 Å². The van der Waals surface area contributed by atoms with Crippen LogP contribution in [-0.2, 0) is 4.74 Å². The molecule has 7 heteroatoms. The number of ether oxygens (including phenoxy) is 1. The van der Waals surface area contributed by atoms with E-state index in [1.807, 2.05) is 0 Å². The first-order chi connectivity index (χ1) is 11.0. The first-order valence-corrected chi connectivity index (χ1v) is 8.62. The molecule has 1 aliphatic carbocycles. The van der Waals surface area contributed by atoms with Crippen LogP contribution in [0.25, 0.3) is 0 Å². The van der Waals surface area contributed by atoms with Crippen molar-refractivity contribution >= 4 is 5.96 Å². The van der Waals surface area contributed by atoms with Crippen LogP contribution < -0.4 is 10.6 Å². The van der Waals surface area contributed by atoms with E-state index in [9.17, 15) is 13.2 Å². The second-order valence-corrected chi connectivity index (χ2v) is 6.58. The van der Waals surface area contributed by atoms with Crippen LogP contribution in [0.1, 0.15) is 44.9 Å². The van der Waals surface area contributed by atoms with E-state index in [1.165, 1.54) is 6.42 Å². The Balaban J connectivity index is 1.64. The average molecular weight is 335 g/mol. The van der Waals surface area contributed by atoms with E-state index in [0.717, 1.165) is 26.0 Å². The molecule has 1 saturated heterocycles. The highest BCUT2D eigenvalue weighted by molar-refractivity contribution is 5.79. The molecule has 134 valence electrons. The minimum absolute atomic E-state index is 0.226. The molecule has 2 N–H and O–H groups in total. The third-order valence-corrected chi connectivity index (χ3v) is 4.86. The summed E-state index contributed by atoms with van der Waals surface area (Å²) in [6, 6.07) is 0. The number of nitrogens with zero attached hydrogens (tertiary/aromatic N) is 1. The second kappa shape index (κ2) is 8.76. The van der Waals surface area contributed by atoms with Crippen LogP contribution in [0, 0.1) is 11.8 Å². The predicted molar refractivity (Wildman–Crippen MR) is 84.5 cm³/mol. The lowest BCUT2D eigenvalue weighted by molar-refractivity contribution is -0.183. The molecule has 0 aromatic heterocycles. The SMILES string of the molecule is CN=C(NCC1CCC(C(F)(F)F)CC1)NCC1CCCCO1. The molecule has 0 amide bonds. The third kappa shape index (κ3) is 6.20. The summed E-state index contributed by atoms with van der Waals surface area (Å²) in [6.07, 6.45) is 1.33. The zero-order valence-corrected chi connectivity index (χ0v) is 13.8. The fourth-order valence-corrected chi connectivity index (χ4v) is 3.33. The van der Waals surface area contributed by atoms with Crippen LogP contribution in [0.5, 0.6) is 0 Å². The lowest BCUT2D eigenvalue weighted by Crippen LogP contribution is -2.44. The molecule has 0 spiro atoms. The van der Waals surface area contributed by atoms with E-state index in [4.69, 9.17) is 4.74 Å². The Bertz CT molecular complexity index is 373. The standard InChI is InChI=1S/C16H28F3N3O/c1-20-15(22-11-14-4-2-3-9-23-14)21-10-12-5-7-13(8-6-12)16(17,18)19/h12-14H,2-11H2,1H3,(H2,20,21,22). The van der Waals surface area contributed by atoms with Gasteiger partial charge in [0.2, 0.25) is 0 Å². The van der Waals surface area contributed by atoms with E-state index < -0.39 is 12.1 Å². The fourth-order valence-electron chi connectivity index (χ4n) is 3.33. The highest BCUT2D eigenvalue weighted by Gasteiger charge is 2.41. The van der Waals surface area contributed by atoms with E-state index >= 15 is 0 Å². The summed E-state index contributed by atoms with van der Waals surface area (Å²) in [6.45, 7) is 2.22. The summed E-state index contributed by atoms with van der Waals surface area (Å²) in [5.41, 5.74) is 0. The quantitative estimate of drug-likeness (QED) is 0.613. The minimum atomic E-state index is -4.03. The summed E-state index contributed by atoms with van der Waals surface area (Å²) in [4.78, 5) is 4.17. The van der Waals surface area contributed by atoms with Gasteiger partial charge < -0.3 is 15.4 Å². The lowest BCUT2D eigenvalue weighted by atomic mass is 9.81. The van der Waals surface area contributed by atoms with Gasteiger partial charge in [0.15, 0.2) is 5.96 Å². The van der Waals surface area contributed by atoms with Gasteiger partial charge in [-0.1, -0.05) is 0 Å². The smallest absolute Gasteiger partial charge is 0.376 e. The van der Waals surface area contributed by atoms with Gasteiger partial charge in [-0.2, -0.15) is 13.2 Å². The molecule has 0 bridgehead atoms. The number of hydrogen-bond acceptors (Lipinski definition) is 2. The van der Waals surface area contributed by atoms with E-state index in [0.29, 0.717) is 25.3 Å². The van der Waals surface area contributed by atoms with Gasteiger partial charge in [-0.05, 0) is 50.9 Å². The normalized spacial score (nSPS) is 30.1. The van der Waals surface area contributed by atoms with Gasteiger partial charge in [0.1, 0.15) is 0 Å². The molecular weight excluding hydrogens is 307 g/mol. The van der Waals surface area contributed by atoms with Crippen molar-refractivity contribution in [1.29, 1.82) is 0 Å². The van der Waals surface area contributed by atoms with Crippen molar-refractivity contribution in [2.24, 2.45) is 16.8 Å². The predicted octanol–water partition coefficient (Wildman–Crippen LogP) is 3.09. The largest absolute Gasteiger partial charge is 0.391 e. The summed E-state index contributed by atoms with van der Waals surface area (Å²) in [5.74, 6) is -0.116. The van der Waals surface area contributed by atoms with Crippen molar-refractivity contribution in [1.82, 2.24) is 10.6 Å². The Hall–Kier alpha value is -0.980. The molecule has 23 heavy (non-hydrogen) atoms. The Kier molecular flexibility index (Phi) is 6.99. The maximum atomic E-state index is 12.7. The minimum Gasteiger partial charge on any atom is -0.376 e. The molecule has 2 fully saturated rings. The zero-order chi connectivity index (χ0) is 16.7. The molecule has 2 aliphatic rings. The van der Waals surface area contributed by atoms with Crippen molar-refractivity contribution in [3.05, 3.63) is 0 Å². The van der Waals surface area contributed by atoms with Crippen molar-refractivity contribution in [2.45, 2.75) is 57.2 Å². The molecule has 0 radical (unpaired) electrons. The number of alkyl halides is 3. The lowest BCUT2D eigenvalue weighted by Gasteiger charge is -2.30.